The van der Waals surface area contributed by atoms with Gasteiger partial charge in [0.25, 0.3) is 11.8 Å². The van der Waals surface area contributed by atoms with Crippen LogP contribution in [0.1, 0.15) is 23.2 Å². The number of carbonyl (C=O) groups is 3. The molecule has 0 radical (unpaired) electrons. The number of methoxy groups -OCH3 is 3. The van der Waals surface area contributed by atoms with Crippen molar-refractivity contribution in [3.63, 3.8) is 0 Å². The van der Waals surface area contributed by atoms with E-state index in [0.29, 0.717) is 43.0 Å². The molecule has 0 aromatic heterocycles. The molecule has 1 heterocycles. The number of benzene rings is 2. The molecule has 34 heavy (non-hydrogen) atoms. The highest BCUT2D eigenvalue weighted by Crippen LogP contribution is 2.25. The number of hydrazine groups is 1. The first kappa shape index (κ1) is 24.7. The Hall–Kier alpha value is -3.95. The second kappa shape index (κ2) is 11.8. The van der Waals surface area contributed by atoms with Gasteiger partial charge in [0.2, 0.25) is 5.91 Å². The van der Waals surface area contributed by atoms with Crippen molar-refractivity contribution in [3.8, 4) is 17.2 Å². The van der Waals surface area contributed by atoms with Crippen molar-refractivity contribution in [1.29, 1.82) is 0 Å². The van der Waals surface area contributed by atoms with Crippen LogP contribution in [-0.4, -0.2) is 63.6 Å². The molecule has 3 N–H and O–H groups in total. The van der Waals surface area contributed by atoms with Crippen LogP contribution in [0.4, 0.5) is 5.69 Å². The molecule has 2 aromatic carbocycles. The minimum atomic E-state index is -0.372. The standard InChI is InChI=1S/C24H30N4O6/c1-32-19-6-4-18(5-7-19)25-15-22(29)26-27-23(30)16-8-10-28(11-9-16)24(31)17-12-20(33-2)14-21(13-17)34-3/h4-7,12-14,16,25H,8-11,15H2,1-3H3,(H,26,29)(H,27,30). The van der Waals surface area contributed by atoms with Crippen LogP contribution in [0.15, 0.2) is 42.5 Å². The number of ether oxygens (including phenoxy) is 3. The van der Waals surface area contributed by atoms with Crippen molar-refractivity contribution in [3.05, 3.63) is 48.0 Å². The minimum absolute atomic E-state index is 0.00353. The maximum Gasteiger partial charge on any atom is 0.257 e. The summed E-state index contributed by atoms with van der Waals surface area (Å²) in [7, 11) is 4.64. The van der Waals surface area contributed by atoms with Gasteiger partial charge in [-0.1, -0.05) is 0 Å². The Kier molecular flexibility index (Phi) is 8.55. The average molecular weight is 471 g/mol. The van der Waals surface area contributed by atoms with Gasteiger partial charge >= 0.3 is 0 Å². The summed E-state index contributed by atoms with van der Waals surface area (Å²) >= 11 is 0. The summed E-state index contributed by atoms with van der Waals surface area (Å²) in [5, 5.41) is 2.97. The molecule has 1 aliphatic heterocycles. The second-order valence-electron chi connectivity index (χ2n) is 7.79. The molecule has 3 amide bonds. The van der Waals surface area contributed by atoms with Crippen molar-refractivity contribution < 1.29 is 28.6 Å². The number of hydrogen-bond donors (Lipinski definition) is 3. The molecule has 0 unspecified atom stereocenters. The molecule has 1 saturated heterocycles. The van der Waals surface area contributed by atoms with E-state index in [4.69, 9.17) is 14.2 Å². The number of piperidine rings is 1. The summed E-state index contributed by atoms with van der Waals surface area (Å²) in [6.45, 7) is 0.871. The number of carbonyl (C=O) groups excluding carboxylic acids is 3. The predicted molar refractivity (Wildman–Crippen MR) is 126 cm³/mol. The monoisotopic (exact) mass is 470 g/mol. The van der Waals surface area contributed by atoms with Crippen molar-refractivity contribution >= 4 is 23.4 Å². The fraction of sp³-hybridized carbons (Fsp3) is 0.375. The molecule has 0 bridgehead atoms. The smallest absolute Gasteiger partial charge is 0.257 e. The molecule has 10 heteroatoms. The van der Waals surface area contributed by atoms with Crippen molar-refractivity contribution in [2.24, 2.45) is 5.92 Å². The molecule has 182 valence electrons. The van der Waals surface area contributed by atoms with E-state index in [1.165, 1.54) is 14.2 Å². The molecule has 1 aliphatic rings. The number of rotatable bonds is 8. The van der Waals surface area contributed by atoms with E-state index < -0.39 is 0 Å². The third-order valence-corrected chi connectivity index (χ3v) is 5.62. The summed E-state index contributed by atoms with van der Waals surface area (Å²) < 4.78 is 15.6. The zero-order valence-corrected chi connectivity index (χ0v) is 19.6. The molecular formula is C24H30N4O6. The largest absolute Gasteiger partial charge is 0.497 e. The van der Waals surface area contributed by atoms with Crippen LogP contribution in [-0.2, 0) is 9.59 Å². The summed E-state index contributed by atoms with van der Waals surface area (Å²) in [5.74, 6) is 0.714. The maximum absolute atomic E-state index is 12.9. The third kappa shape index (κ3) is 6.53. The predicted octanol–water partition coefficient (Wildman–Crippen LogP) is 1.82. The highest BCUT2D eigenvalue weighted by atomic mass is 16.5. The lowest BCUT2D eigenvalue weighted by Crippen LogP contribution is -2.49. The van der Waals surface area contributed by atoms with Gasteiger partial charge in [0.05, 0.1) is 27.9 Å². The third-order valence-electron chi connectivity index (χ3n) is 5.62. The van der Waals surface area contributed by atoms with Crippen molar-refractivity contribution in [1.82, 2.24) is 15.8 Å². The number of nitrogens with one attached hydrogen (secondary N) is 3. The quantitative estimate of drug-likeness (QED) is 0.504. The van der Waals surface area contributed by atoms with Crippen molar-refractivity contribution in [2.45, 2.75) is 12.8 Å². The summed E-state index contributed by atoms with van der Waals surface area (Å²) in [4.78, 5) is 39.1. The maximum atomic E-state index is 12.9. The number of nitrogens with zero attached hydrogens (tertiary/aromatic N) is 1. The van der Waals surface area contributed by atoms with Gasteiger partial charge in [-0.05, 0) is 49.2 Å². The van der Waals surface area contributed by atoms with Crippen LogP contribution >= 0.6 is 0 Å². The van der Waals surface area contributed by atoms with Gasteiger partial charge in [-0.3, -0.25) is 25.2 Å². The Morgan fingerprint density at radius 3 is 2.00 bits per heavy atom. The topological polar surface area (TPSA) is 118 Å². The van der Waals surface area contributed by atoms with Crippen molar-refractivity contribution in [2.75, 3.05) is 46.3 Å². The molecule has 0 aliphatic carbocycles. The highest BCUT2D eigenvalue weighted by Gasteiger charge is 2.28. The number of amides is 3. The lowest BCUT2D eigenvalue weighted by Gasteiger charge is -2.31. The number of likely N-dealkylation sites (tertiary alicyclic amines) is 1. The number of anilines is 1. The zero-order valence-electron chi connectivity index (χ0n) is 19.6. The van der Waals surface area contributed by atoms with E-state index in [-0.39, 0.29) is 30.2 Å². The first-order valence-corrected chi connectivity index (χ1v) is 10.9. The van der Waals surface area contributed by atoms with Crippen LogP contribution in [0, 0.1) is 5.92 Å². The zero-order chi connectivity index (χ0) is 24.5. The van der Waals surface area contributed by atoms with Crippen LogP contribution in [0.2, 0.25) is 0 Å². The van der Waals surface area contributed by atoms with E-state index in [2.05, 4.69) is 16.2 Å². The van der Waals surface area contributed by atoms with Crippen LogP contribution < -0.4 is 30.4 Å². The van der Waals surface area contributed by atoms with Gasteiger partial charge < -0.3 is 24.4 Å². The Balaban J connectivity index is 1.42. The molecule has 2 aromatic rings. The van der Waals surface area contributed by atoms with Crippen LogP contribution in [0.5, 0.6) is 17.2 Å². The Morgan fingerprint density at radius 1 is 0.853 bits per heavy atom. The van der Waals surface area contributed by atoms with E-state index in [0.717, 1.165) is 11.4 Å². The second-order valence-corrected chi connectivity index (χ2v) is 7.79. The Labute approximate surface area is 198 Å². The fourth-order valence-corrected chi connectivity index (χ4v) is 3.63. The average Bonchev–Trinajstić information content (AvgIpc) is 2.90. The summed E-state index contributed by atoms with van der Waals surface area (Å²) in [6.07, 6.45) is 0.997. The van der Waals surface area contributed by atoms with Gasteiger partial charge in [0.15, 0.2) is 0 Å². The molecule has 1 fully saturated rings. The molecule has 10 nitrogen and oxygen atoms in total. The van der Waals surface area contributed by atoms with Gasteiger partial charge in [-0.25, -0.2) is 0 Å². The fourth-order valence-electron chi connectivity index (χ4n) is 3.63. The summed E-state index contributed by atoms with van der Waals surface area (Å²) in [5.41, 5.74) is 6.13. The summed E-state index contributed by atoms with van der Waals surface area (Å²) in [6, 6.07) is 12.2. The molecule has 0 spiro atoms. The van der Waals surface area contributed by atoms with E-state index in [1.807, 2.05) is 0 Å². The van der Waals surface area contributed by atoms with Crippen LogP contribution in [0.3, 0.4) is 0 Å². The van der Waals surface area contributed by atoms with E-state index >= 15 is 0 Å². The normalized spacial score (nSPS) is 13.6. The van der Waals surface area contributed by atoms with E-state index in [1.54, 1.807) is 54.5 Å². The first-order valence-electron chi connectivity index (χ1n) is 10.9. The lowest BCUT2D eigenvalue weighted by atomic mass is 9.95. The Morgan fingerprint density at radius 2 is 1.44 bits per heavy atom. The van der Waals surface area contributed by atoms with Gasteiger partial charge in [-0.15, -0.1) is 0 Å². The minimum Gasteiger partial charge on any atom is -0.497 e. The molecular weight excluding hydrogens is 440 g/mol. The van der Waals surface area contributed by atoms with E-state index in [9.17, 15) is 14.4 Å². The SMILES string of the molecule is COc1ccc(NCC(=O)NNC(=O)C2CCN(C(=O)c3cc(OC)cc(OC)c3)CC2)cc1. The van der Waals surface area contributed by atoms with Gasteiger partial charge in [0.1, 0.15) is 17.2 Å². The highest BCUT2D eigenvalue weighted by molar-refractivity contribution is 5.95. The Bertz CT molecular complexity index is 981. The van der Waals surface area contributed by atoms with Gasteiger partial charge in [-0.2, -0.15) is 0 Å². The first-order chi connectivity index (χ1) is 16.4. The number of hydrogen-bond acceptors (Lipinski definition) is 7. The van der Waals surface area contributed by atoms with Gasteiger partial charge in [0, 0.05) is 36.3 Å². The van der Waals surface area contributed by atoms with Crippen LogP contribution in [0.25, 0.3) is 0 Å². The molecule has 3 rings (SSSR count). The molecule has 0 saturated carbocycles. The lowest BCUT2D eigenvalue weighted by molar-refractivity contribution is -0.131. The molecule has 0 atom stereocenters.